The third-order valence-corrected chi connectivity index (χ3v) is 5.01. The van der Waals surface area contributed by atoms with Crippen LogP contribution in [0.25, 0.3) is 0 Å². The Balaban J connectivity index is 2.10. The van der Waals surface area contributed by atoms with E-state index in [-0.39, 0.29) is 0 Å². The van der Waals surface area contributed by atoms with Crippen molar-refractivity contribution in [2.75, 3.05) is 31.1 Å². The molecule has 2 heteroatoms. The fourth-order valence-corrected chi connectivity index (χ4v) is 3.60. The zero-order valence-electron chi connectivity index (χ0n) is 13.0. The number of hydrogen-bond acceptors (Lipinski definition) is 2. The van der Waals surface area contributed by atoms with Crippen molar-refractivity contribution in [3.63, 3.8) is 0 Å². The summed E-state index contributed by atoms with van der Waals surface area (Å²) in [6, 6.07) is 0. The van der Waals surface area contributed by atoms with Crippen LogP contribution in [0.5, 0.6) is 0 Å². The molecule has 0 N–H and O–H groups in total. The van der Waals surface area contributed by atoms with E-state index in [1.165, 1.54) is 63.2 Å². The molecule has 1 saturated heterocycles. The minimum Gasteiger partial charge on any atom is -0.302 e. The predicted molar refractivity (Wildman–Crippen MR) is 85.5 cm³/mol. The van der Waals surface area contributed by atoms with Gasteiger partial charge in [-0.1, -0.05) is 34.1 Å². The molecule has 1 heterocycles. The zero-order valence-corrected chi connectivity index (χ0v) is 13.8. The topological polar surface area (TPSA) is 3.24 Å². The van der Waals surface area contributed by atoms with Gasteiger partial charge in [-0.25, -0.2) is 0 Å². The summed E-state index contributed by atoms with van der Waals surface area (Å²) in [4.78, 5) is 2.66. The van der Waals surface area contributed by atoms with Crippen molar-refractivity contribution in [1.82, 2.24) is 4.90 Å². The van der Waals surface area contributed by atoms with Gasteiger partial charge in [0.25, 0.3) is 0 Å². The Morgan fingerprint density at radius 3 is 2.33 bits per heavy atom. The van der Waals surface area contributed by atoms with Crippen molar-refractivity contribution in [3.05, 3.63) is 0 Å². The molecule has 1 rings (SSSR count). The van der Waals surface area contributed by atoms with Gasteiger partial charge in [0, 0.05) is 24.6 Å². The molecule has 1 aliphatic rings. The van der Waals surface area contributed by atoms with Gasteiger partial charge in [-0.05, 0) is 43.6 Å². The van der Waals surface area contributed by atoms with Gasteiger partial charge in [-0.2, -0.15) is 11.8 Å². The molecule has 0 amide bonds. The van der Waals surface area contributed by atoms with E-state index >= 15 is 0 Å². The molecule has 0 aromatic heterocycles. The quantitative estimate of drug-likeness (QED) is 0.662. The van der Waals surface area contributed by atoms with E-state index in [2.05, 4.69) is 44.4 Å². The molecule has 0 aromatic carbocycles. The second-order valence-electron chi connectivity index (χ2n) is 6.97. The highest BCUT2D eigenvalue weighted by Gasteiger charge is 2.15. The maximum Gasteiger partial charge on any atom is 0.00727 e. The molecule has 0 radical (unpaired) electrons. The van der Waals surface area contributed by atoms with Crippen LogP contribution < -0.4 is 0 Å². The molecule has 0 bridgehead atoms. The smallest absolute Gasteiger partial charge is 0.00727 e. The molecule has 0 unspecified atom stereocenters. The maximum atomic E-state index is 2.66. The highest BCUT2D eigenvalue weighted by molar-refractivity contribution is 7.99. The van der Waals surface area contributed by atoms with Gasteiger partial charge >= 0.3 is 0 Å². The zero-order chi connectivity index (χ0) is 13.4. The summed E-state index contributed by atoms with van der Waals surface area (Å²) in [7, 11) is 0. The van der Waals surface area contributed by atoms with Crippen molar-refractivity contribution in [2.24, 2.45) is 11.3 Å². The third kappa shape index (κ3) is 7.68. The van der Waals surface area contributed by atoms with Crippen molar-refractivity contribution in [2.45, 2.75) is 59.8 Å². The Morgan fingerprint density at radius 1 is 1.11 bits per heavy atom. The van der Waals surface area contributed by atoms with Crippen molar-refractivity contribution in [1.29, 1.82) is 0 Å². The Hall–Kier alpha value is 0.310. The van der Waals surface area contributed by atoms with Gasteiger partial charge in [0.2, 0.25) is 0 Å². The van der Waals surface area contributed by atoms with Gasteiger partial charge < -0.3 is 4.90 Å². The van der Waals surface area contributed by atoms with E-state index in [0.29, 0.717) is 5.41 Å². The minimum absolute atomic E-state index is 0.511. The van der Waals surface area contributed by atoms with Crippen LogP contribution in [-0.4, -0.2) is 36.0 Å². The van der Waals surface area contributed by atoms with E-state index in [1.54, 1.807) is 0 Å². The molecule has 1 atom stereocenters. The van der Waals surface area contributed by atoms with Crippen LogP contribution in [0.3, 0.4) is 0 Å². The summed E-state index contributed by atoms with van der Waals surface area (Å²) in [6.07, 6.45) is 7.02. The van der Waals surface area contributed by atoms with Crippen LogP contribution in [0.2, 0.25) is 0 Å². The van der Waals surface area contributed by atoms with Crippen LogP contribution in [-0.2, 0) is 0 Å². The monoisotopic (exact) mass is 271 g/mol. The predicted octanol–water partition coefficient (Wildman–Crippen LogP) is 4.67. The molecule has 0 saturated carbocycles. The molecular formula is C16H33NS. The van der Waals surface area contributed by atoms with Crippen molar-refractivity contribution >= 4 is 11.8 Å². The van der Waals surface area contributed by atoms with E-state index in [4.69, 9.17) is 0 Å². The Kier molecular flexibility index (Phi) is 7.70. The number of nitrogens with zero attached hydrogens (tertiary/aromatic N) is 1. The summed E-state index contributed by atoms with van der Waals surface area (Å²) in [6.45, 7) is 13.5. The lowest BCUT2D eigenvalue weighted by molar-refractivity contribution is 0.266. The fourth-order valence-electron chi connectivity index (χ4n) is 2.62. The van der Waals surface area contributed by atoms with Crippen LogP contribution in [0.15, 0.2) is 0 Å². The van der Waals surface area contributed by atoms with Crippen LogP contribution in [0.1, 0.15) is 59.8 Å². The first kappa shape index (κ1) is 16.4. The molecule has 18 heavy (non-hydrogen) atoms. The Labute approximate surface area is 119 Å². The lowest BCUT2D eigenvalue weighted by Crippen LogP contribution is -2.33. The Bertz CT molecular complexity index is 204. The average molecular weight is 272 g/mol. The minimum atomic E-state index is 0.511. The van der Waals surface area contributed by atoms with Crippen LogP contribution >= 0.6 is 11.8 Å². The van der Waals surface area contributed by atoms with Gasteiger partial charge in [0.15, 0.2) is 0 Å². The maximum absolute atomic E-state index is 2.66. The first-order valence-electron chi connectivity index (χ1n) is 7.81. The highest BCUT2D eigenvalue weighted by atomic mass is 32.2. The third-order valence-electron chi connectivity index (χ3n) is 4.07. The molecule has 1 aliphatic heterocycles. The second-order valence-corrected chi connectivity index (χ2v) is 8.19. The van der Waals surface area contributed by atoms with Gasteiger partial charge in [-0.15, -0.1) is 0 Å². The number of rotatable bonds is 7. The first-order valence-corrected chi connectivity index (χ1v) is 8.97. The van der Waals surface area contributed by atoms with E-state index in [1.807, 2.05) is 0 Å². The van der Waals surface area contributed by atoms with E-state index in [9.17, 15) is 0 Å². The lowest BCUT2D eigenvalue weighted by Gasteiger charge is -2.27. The van der Waals surface area contributed by atoms with E-state index in [0.717, 1.165) is 5.92 Å². The molecule has 1 fully saturated rings. The molecule has 0 aromatic rings. The largest absolute Gasteiger partial charge is 0.302 e. The Morgan fingerprint density at radius 2 is 1.78 bits per heavy atom. The first-order chi connectivity index (χ1) is 8.51. The normalized spacial score (nSPS) is 20.0. The highest BCUT2D eigenvalue weighted by Crippen LogP contribution is 2.27. The second kappa shape index (κ2) is 8.47. The van der Waals surface area contributed by atoms with E-state index < -0.39 is 0 Å². The molecule has 0 spiro atoms. The molecule has 0 aliphatic carbocycles. The van der Waals surface area contributed by atoms with Crippen LogP contribution in [0.4, 0.5) is 0 Å². The molecule has 1 nitrogen and oxygen atoms in total. The SMILES string of the molecule is CC[C@H](CCCN1CCSCC1)CCC(C)(C)C. The summed E-state index contributed by atoms with van der Waals surface area (Å²) < 4.78 is 0. The summed E-state index contributed by atoms with van der Waals surface area (Å²) >= 11 is 2.11. The van der Waals surface area contributed by atoms with Crippen LogP contribution in [0, 0.1) is 11.3 Å². The molecule has 108 valence electrons. The van der Waals surface area contributed by atoms with Gasteiger partial charge in [-0.3, -0.25) is 0 Å². The summed E-state index contributed by atoms with van der Waals surface area (Å²) in [5.41, 5.74) is 0.511. The average Bonchev–Trinajstić information content (AvgIpc) is 2.33. The standard InChI is InChI=1S/C16H33NS/c1-5-15(8-9-16(2,3)4)7-6-10-17-11-13-18-14-12-17/h15H,5-14H2,1-4H3/t15-/m1/s1. The number of thioether (sulfide) groups is 1. The number of hydrogen-bond donors (Lipinski definition) is 0. The van der Waals surface area contributed by atoms with Crippen molar-refractivity contribution < 1.29 is 0 Å². The summed E-state index contributed by atoms with van der Waals surface area (Å²) in [5.74, 6) is 3.66. The van der Waals surface area contributed by atoms with Gasteiger partial charge in [0.1, 0.15) is 0 Å². The van der Waals surface area contributed by atoms with Crippen molar-refractivity contribution in [3.8, 4) is 0 Å². The fraction of sp³-hybridized carbons (Fsp3) is 1.00. The lowest BCUT2D eigenvalue weighted by atomic mass is 9.84. The van der Waals surface area contributed by atoms with Gasteiger partial charge in [0.05, 0.1) is 0 Å². The summed E-state index contributed by atoms with van der Waals surface area (Å²) in [5, 5.41) is 0. The molecular weight excluding hydrogens is 238 g/mol.